The molecular formula is C18H17Cl2N3OS. The Hall–Kier alpha value is -2.08. The first-order chi connectivity index (χ1) is 12.1. The van der Waals surface area contributed by atoms with Gasteiger partial charge in [0.25, 0.3) is 0 Å². The van der Waals surface area contributed by atoms with E-state index in [0.717, 1.165) is 11.1 Å². The Morgan fingerprint density at radius 1 is 1.24 bits per heavy atom. The second-order valence-corrected chi connectivity index (χ2v) is 6.18. The molecule has 0 unspecified atom stereocenters. The highest BCUT2D eigenvalue weighted by Gasteiger charge is 2.05. The lowest BCUT2D eigenvalue weighted by atomic mass is 10.2. The summed E-state index contributed by atoms with van der Waals surface area (Å²) in [5.41, 5.74) is 4.40. The van der Waals surface area contributed by atoms with E-state index in [0.29, 0.717) is 34.1 Å². The Morgan fingerprint density at radius 2 is 2.04 bits per heavy atom. The first kappa shape index (κ1) is 19.2. The smallest absolute Gasteiger partial charge is 0.187 e. The molecule has 0 aliphatic rings. The van der Waals surface area contributed by atoms with Crippen molar-refractivity contribution in [3.63, 3.8) is 0 Å². The fraction of sp³-hybridized carbons (Fsp3) is 0.111. The van der Waals surface area contributed by atoms with Gasteiger partial charge in [-0.1, -0.05) is 47.5 Å². The van der Waals surface area contributed by atoms with Crippen LogP contribution in [0.25, 0.3) is 0 Å². The van der Waals surface area contributed by atoms with Crippen molar-refractivity contribution in [1.29, 1.82) is 0 Å². The molecule has 0 aromatic heterocycles. The zero-order valence-corrected chi connectivity index (χ0v) is 15.7. The Morgan fingerprint density at radius 3 is 2.80 bits per heavy atom. The SMILES string of the molecule is C=CCNC(=S)N/N=C/c1ccccc1OCc1ccc(Cl)cc1Cl. The van der Waals surface area contributed by atoms with Gasteiger partial charge in [0.05, 0.1) is 6.21 Å². The van der Waals surface area contributed by atoms with Gasteiger partial charge in [0.15, 0.2) is 5.11 Å². The maximum absolute atomic E-state index is 6.17. The second kappa shape index (κ2) is 10.0. The molecule has 7 heteroatoms. The maximum atomic E-state index is 6.17. The minimum atomic E-state index is 0.327. The molecule has 0 radical (unpaired) electrons. The molecule has 0 fully saturated rings. The number of thiocarbonyl (C=S) groups is 1. The summed E-state index contributed by atoms with van der Waals surface area (Å²) in [6, 6.07) is 12.9. The predicted molar refractivity (Wildman–Crippen MR) is 109 cm³/mol. The van der Waals surface area contributed by atoms with Crippen LogP contribution >= 0.6 is 35.4 Å². The summed E-state index contributed by atoms with van der Waals surface area (Å²) in [5.74, 6) is 0.684. The zero-order chi connectivity index (χ0) is 18.1. The lowest BCUT2D eigenvalue weighted by Crippen LogP contribution is -2.31. The molecule has 130 valence electrons. The van der Waals surface area contributed by atoms with E-state index in [9.17, 15) is 0 Å². The van der Waals surface area contributed by atoms with Crippen LogP contribution in [0.2, 0.25) is 10.0 Å². The zero-order valence-electron chi connectivity index (χ0n) is 13.3. The molecule has 0 amide bonds. The predicted octanol–water partition coefficient (Wildman–Crippen LogP) is 4.56. The number of hydrazone groups is 1. The van der Waals surface area contributed by atoms with Crippen LogP contribution in [0.3, 0.4) is 0 Å². The molecule has 25 heavy (non-hydrogen) atoms. The minimum Gasteiger partial charge on any atom is -0.488 e. The van der Waals surface area contributed by atoms with Gasteiger partial charge in [-0.2, -0.15) is 5.10 Å². The molecule has 0 atom stereocenters. The third-order valence-corrected chi connectivity index (χ3v) is 3.92. The molecule has 0 saturated carbocycles. The highest BCUT2D eigenvalue weighted by atomic mass is 35.5. The van der Waals surface area contributed by atoms with Crippen molar-refractivity contribution in [2.75, 3.05) is 6.54 Å². The average Bonchev–Trinajstić information content (AvgIpc) is 2.60. The topological polar surface area (TPSA) is 45.7 Å². The van der Waals surface area contributed by atoms with Crippen molar-refractivity contribution < 1.29 is 4.74 Å². The highest BCUT2D eigenvalue weighted by molar-refractivity contribution is 7.80. The fourth-order valence-electron chi connectivity index (χ4n) is 1.88. The number of ether oxygens (including phenoxy) is 1. The number of halogens is 2. The monoisotopic (exact) mass is 393 g/mol. The van der Waals surface area contributed by atoms with Gasteiger partial charge in [-0.25, -0.2) is 0 Å². The summed E-state index contributed by atoms with van der Waals surface area (Å²) in [4.78, 5) is 0. The number of hydrogen-bond donors (Lipinski definition) is 2. The summed E-state index contributed by atoms with van der Waals surface area (Å²) in [6.07, 6.45) is 3.35. The fourth-order valence-corrected chi connectivity index (χ4v) is 2.48. The summed E-state index contributed by atoms with van der Waals surface area (Å²) in [5, 5.41) is 8.60. The van der Waals surface area contributed by atoms with Gasteiger partial charge < -0.3 is 10.1 Å². The molecule has 2 N–H and O–H groups in total. The van der Waals surface area contributed by atoms with Crippen molar-refractivity contribution in [2.45, 2.75) is 6.61 Å². The van der Waals surface area contributed by atoms with E-state index < -0.39 is 0 Å². The van der Waals surface area contributed by atoms with E-state index in [2.05, 4.69) is 22.4 Å². The lowest BCUT2D eigenvalue weighted by molar-refractivity contribution is 0.306. The second-order valence-electron chi connectivity index (χ2n) is 4.93. The molecule has 0 saturated heterocycles. The average molecular weight is 394 g/mol. The van der Waals surface area contributed by atoms with Crippen molar-refractivity contribution in [3.8, 4) is 5.75 Å². The molecule has 4 nitrogen and oxygen atoms in total. The van der Waals surface area contributed by atoms with Crippen molar-refractivity contribution in [1.82, 2.24) is 10.7 Å². The first-order valence-corrected chi connectivity index (χ1v) is 8.60. The number of nitrogens with one attached hydrogen (secondary N) is 2. The van der Waals surface area contributed by atoms with Crippen LogP contribution in [0.4, 0.5) is 0 Å². The van der Waals surface area contributed by atoms with Crippen LogP contribution < -0.4 is 15.5 Å². The van der Waals surface area contributed by atoms with Gasteiger partial charge in [-0.3, -0.25) is 5.43 Å². The van der Waals surface area contributed by atoms with E-state index in [1.165, 1.54) is 0 Å². The van der Waals surface area contributed by atoms with E-state index in [-0.39, 0.29) is 0 Å². The molecule has 0 heterocycles. The summed E-state index contributed by atoms with van der Waals surface area (Å²) in [7, 11) is 0. The third kappa shape index (κ3) is 6.38. The molecule has 0 aliphatic carbocycles. The van der Waals surface area contributed by atoms with E-state index in [1.807, 2.05) is 30.3 Å². The van der Waals surface area contributed by atoms with E-state index in [1.54, 1.807) is 24.4 Å². The van der Waals surface area contributed by atoms with Gasteiger partial charge in [-0.15, -0.1) is 6.58 Å². The number of hydrogen-bond acceptors (Lipinski definition) is 3. The molecule has 2 aromatic rings. The van der Waals surface area contributed by atoms with Crippen LogP contribution in [-0.2, 0) is 6.61 Å². The highest BCUT2D eigenvalue weighted by Crippen LogP contribution is 2.23. The van der Waals surface area contributed by atoms with Crippen LogP contribution in [-0.4, -0.2) is 17.9 Å². The molecule has 0 aliphatic heterocycles. The van der Waals surface area contributed by atoms with Gasteiger partial charge in [-0.05, 0) is 36.5 Å². The van der Waals surface area contributed by atoms with Crippen molar-refractivity contribution in [3.05, 3.63) is 76.3 Å². The number of para-hydroxylation sites is 1. The minimum absolute atomic E-state index is 0.327. The van der Waals surface area contributed by atoms with Crippen LogP contribution in [0, 0.1) is 0 Å². The van der Waals surface area contributed by atoms with Crippen LogP contribution in [0.5, 0.6) is 5.75 Å². The first-order valence-electron chi connectivity index (χ1n) is 7.43. The van der Waals surface area contributed by atoms with Gasteiger partial charge >= 0.3 is 0 Å². The number of nitrogens with zero attached hydrogens (tertiary/aromatic N) is 1. The molecule has 2 rings (SSSR count). The lowest BCUT2D eigenvalue weighted by Gasteiger charge is -2.10. The largest absolute Gasteiger partial charge is 0.488 e. The molecule has 2 aromatic carbocycles. The van der Waals surface area contributed by atoms with Crippen LogP contribution in [0.15, 0.2) is 60.2 Å². The molecule has 0 spiro atoms. The van der Waals surface area contributed by atoms with Crippen molar-refractivity contribution in [2.24, 2.45) is 5.10 Å². The van der Waals surface area contributed by atoms with Gasteiger partial charge in [0.2, 0.25) is 0 Å². The Bertz CT molecular complexity index is 781. The quantitative estimate of drug-likeness (QED) is 0.313. The standard InChI is InChI=1S/C18H17Cl2N3OS/c1-2-9-21-18(25)23-22-11-13-5-3-4-6-17(13)24-12-14-7-8-15(19)10-16(14)20/h2-8,10-11H,1,9,12H2,(H2,21,23,25)/b22-11+. The number of benzene rings is 2. The van der Waals surface area contributed by atoms with E-state index >= 15 is 0 Å². The summed E-state index contributed by atoms with van der Waals surface area (Å²) >= 11 is 17.1. The Balaban J connectivity index is 2.00. The Kier molecular flexibility index (Phi) is 7.73. The maximum Gasteiger partial charge on any atom is 0.187 e. The van der Waals surface area contributed by atoms with Gasteiger partial charge in [0, 0.05) is 27.7 Å². The van der Waals surface area contributed by atoms with Crippen molar-refractivity contribution >= 4 is 46.7 Å². The third-order valence-electron chi connectivity index (χ3n) is 3.09. The number of rotatable bonds is 7. The normalized spacial score (nSPS) is 10.5. The van der Waals surface area contributed by atoms with Gasteiger partial charge in [0.1, 0.15) is 12.4 Å². The summed E-state index contributed by atoms with van der Waals surface area (Å²) < 4.78 is 5.86. The van der Waals surface area contributed by atoms with Crippen LogP contribution in [0.1, 0.15) is 11.1 Å². The molecule has 0 bridgehead atoms. The Labute approximate surface area is 162 Å². The van der Waals surface area contributed by atoms with E-state index in [4.69, 9.17) is 40.2 Å². The molecular weight excluding hydrogens is 377 g/mol. The summed E-state index contributed by atoms with van der Waals surface area (Å²) in [6.45, 7) is 4.51.